The van der Waals surface area contributed by atoms with E-state index in [1.165, 1.54) is 17.9 Å². The van der Waals surface area contributed by atoms with Crippen molar-refractivity contribution in [1.29, 1.82) is 0 Å². The molecule has 0 saturated heterocycles. The van der Waals surface area contributed by atoms with E-state index in [4.69, 9.17) is 0 Å². The molecule has 0 atom stereocenters. The number of hydrogen-bond donors (Lipinski definition) is 0. The van der Waals surface area contributed by atoms with Gasteiger partial charge in [0.05, 0.1) is 10.6 Å². The summed E-state index contributed by atoms with van der Waals surface area (Å²) in [6, 6.07) is 4.47. The van der Waals surface area contributed by atoms with Gasteiger partial charge in [-0.3, -0.25) is 9.59 Å². The fourth-order valence-electron chi connectivity index (χ4n) is 2.22. The molecule has 0 spiro atoms. The van der Waals surface area contributed by atoms with Crippen molar-refractivity contribution >= 4 is 27.2 Å². The summed E-state index contributed by atoms with van der Waals surface area (Å²) in [7, 11) is -3.66. The molecule has 0 unspecified atom stereocenters. The monoisotopic (exact) mass is 295 g/mol. The average molecular weight is 295 g/mol. The minimum Gasteiger partial charge on any atom is -0.310 e. The summed E-state index contributed by atoms with van der Waals surface area (Å²) in [6.07, 6.45) is 0. The number of nitrogens with zero attached hydrogens (tertiary/aromatic N) is 1. The lowest BCUT2D eigenvalue weighted by molar-refractivity contribution is -0.116. The molecule has 0 N–H and O–H groups in total. The van der Waals surface area contributed by atoms with Gasteiger partial charge in [0.2, 0.25) is 5.91 Å². The second-order valence-electron chi connectivity index (χ2n) is 5.40. The van der Waals surface area contributed by atoms with Crippen LogP contribution in [0, 0.1) is 5.92 Å². The zero-order chi connectivity index (χ0) is 15.1. The van der Waals surface area contributed by atoms with E-state index < -0.39 is 21.5 Å². The highest BCUT2D eigenvalue weighted by atomic mass is 32.2. The minimum absolute atomic E-state index is 0.0745. The first-order valence-corrected chi connectivity index (χ1v) is 8.05. The second-order valence-corrected chi connectivity index (χ2v) is 7.35. The molecule has 0 fully saturated rings. The Morgan fingerprint density at radius 1 is 1.35 bits per heavy atom. The smallest absolute Gasteiger partial charge is 0.242 e. The topological polar surface area (TPSA) is 71.5 Å². The average Bonchev–Trinajstić information content (AvgIpc) is 2.33. The van der Waals surface area contributed by atoms with Gasteiger partial charge in [-0.05, 0) is 31.0 Å². The maximum atomic E-state index is 12.1. The fourth-order valence-corrected chi connectivity index (χ4v) is 3.66. The predicted octanol–water partition coefficient (Wildman–Crippen LogP) is 1.67. The molecule has 0 saturated carbocycles. The van der Waals surface area contributed by atoms with Crippen LogP contribution in [0.1, 0.15) is 31.1 Å². The number of Topliss-reactive ketones (excluding diaryl/α,β-unsaturated/α-hetero) is 1. The SMILES string of the molecule is CC(=O)c1ccc2c(c1)S(=O)(=O)CC(=O)N2CC(C)C. The Kier molecular flexibility index (Phi) is 3.69. The van der Waals surface area contributed by atoms with E-state index >= 15 is 0 Å². The molecule has 0 aliphatic carbocycles. The van der Waals surface area contributed by atoms with Crippen LogP contribution in [-0.4, -0.2) is 32.4 Å². The number of hydrogen-bond acceptors (Lipinski definition) is 4. The van der Waals surface area contributed by atoms with Crippen molar-refractivity contribution in [2.45, 2.75) is 25.7 Å². The molecule has 1 aromatic carbocycles. The summed E-state index contributed by atoms with van der Waals surface area (Å²) in [6.45, 7) is 5.76. The summed E-state index contributed by atoms with van der Waals surface area (Å²) in [4.78, 5) is 25.0. The van der Waals surface area contributed by atoms with Gasteiger partial charge < -0.3 is 4.90 Å². The van der Waals surface area contributed by atoms with Crippen molar-refractivity contribution in [3.05, 3.63) is 23.8 Å². The second kappa shape index (κ2) is 5.01. The minimum atomic E-state index is -3.66. The molecular formula is C14H17NO4S. The van der Waals surface area contributed by atoms with Crippen LogP contribution in [0.2, 0.25) is 0 Å². The Morgan fingerprint density at radius 2 is 2.00 bits per heavy atom. The lowest BCUT2D eigenvalue weighted by Crippen LogP contribution is -2.42. The van der Waals surface area contributed by atoms with E-state index in [9.17, 15) is 18.0 Å². The van der Waals surface area contributed by atoms with Gasteiger partial charge in [-0.25, -0.2) is 8.42 Å². The Bertz CT molecular complexity index is 676. The van der Waals surface area contributed by atoms with Crippen LogP contribution in [0.3, 0.4) is 0 Å². The van der Waals surface area contributed by atoms with E-state index in [2.05, 4.69) is 0 Å². The van der Waals surface area contributed by atoms with Crippen molar-refractivity contribution in [1.82, 2.24) is 0 Å². The highest BCUT2D eigenvalue weighted by Gasteiger charge is 2.35. The normalized spacial score (nSPS) is 17.2. The summed E-state index contributed by atoms with van der Waals surface area (Å²) in [5.41, 5.74) is 0.714. The molecule has 0 aromatic heterocycles. The van der Waals surface area contributed by atoms with Gasteiger partial charge in [0.25, 0.3) is 0 Å². The molecule has 20 heavy (non-hydrogen) atoms. The highest BCUT2D eigenvalue weighted by Crippen LogP contribution is 2.32. The molecule has 0 radical (unpaired) electrons. The van der Waals surface area contributed by atoms with Crippen LogP contribution < -0.4 is 4.90 Å². The highest BCUT2D eigenvalue weighted by molar-refractivity contribution is 7.92. The molecule has 2 rings (SSSR count). The number of anilines is 1. The number of rotatable bonds is 3. The van der Waals surface area contributed by atoms with Crippen LogP contribution in [0.5, 0.6) is 0 Å². The quantitative estimate of drug-likeness (QED) is 0.795. The van der Waals surface area contributed by atoms with Crippen molar-refractivity contribution in [2.75, 3.05) is 17.2 Å². The van der Waals surface area contributed by atoms with Crippen LogP contribution in [0.15, 0.2) is 23.1 Å². The first-order chi connectivity index (χ1) is 9.22. The Balaban J connectivity index is 2.61. The van der Waals surface area contributed by atoms with E-state index in [-0.39, 0.29) is 16.6 Å². The van der Waals surface area contributed by atoms with Gasteiger partial charge in [0.1, 0.15) is 5.75 Å². The van der Waals surface area contributed by atoms with Gasteiger partial charge in [0.15, 0.2) is 15.6 Å². The summed E-state index contributed by atoms with van der Waals surface area (Å²) in [5.74, 6) is -0.925. The van der Waals surface area contributed by atoms with Gasteiger partial charge in [0, 0.05) is 12.1 Å². The molecule has 1 aliphatic heterocycles. The van der Waals surface area contributed by atoms with Crippen LogP contribution in [-0.2, 0) is 14.6 Å². The maximum Gasteiger partial charge on any atom is 0.242 e. The zero-order valence-electron chi connectivity index (χ0n) is 11.7. The molecule has 5 nitrogen and oxygen atoms in total. The molecule has 1 amide bonds. The Hall–Kier alpha value is -1.69. The molecule has 108 valence electrons. The number of fused-ring (bicyclic) bond motifs is 1. The number of sulfone groups is 1. The fraction of sp³-hybridized carbons (Fsp3) is 0.429. The van der Waals surface area contributed by atoms with Gasteiger partial charge in [-0.15, -0.1) is 0 Å². The van der Waals surface area contributed by atoms with Crippen LogP contribution in [0.25, 0.3) is 0 Å². The van der Waals surface area contributed by atoms with Gasteiger partial charge in [-0.2, -0.15) is 0 Å². The number of carbonyl (C=O) groups excluding carboxylic acids is 2. The zero-order valence-corrected chi connectivity index (χ0v) is 12.5. The van der Waals surface area contributed by atoms with Crippen molar-refractivity contribution < 1.29 is 18.0 Å². The molecule has 1 aliphatic rings. The molecule has 0 bridgehead atoms. The summed E-state index contributed by atoms with van der Waals surface area (Å²) >= 11 is 0. The van der Waals surface area contributed by atoms with Crippen molar-refractivity contribution in [3.8, 4) is 0 Å². The largest absolute Gasteiger partial charge is 0.310 e. The standard InChI is InChI=1S/C14H17NO4S/c1-9(2)7-15-12-5-4-11(10(3)16)6-13(12)20(18,19)8-14(15)17/h4-6,9H,7-8H2,1-3H3. The van der Waals surface area contributed by atoms with Crippen LogP contribution in [0.4, 0.5) is 5.69 Å². The Labute approximate surface area is 118 Å². The molecular weight excluding hydrogens is 278 g/mol. The number of carbonyl (C=O) groups is 2. The summed E-state index contributed by atoms with van der Waals surface area (Å²) < 4.78 is 24.3. The first-order valence-electron chi connectivity index (χ1n) is 6.40. The molecule has 1 aromatic rings. The van der Waals surface area contributed by atoms with E-state index in [0.717, 1.165) is 0 Å². The Morgan fingerprint density at radius 3 is 2.55 bits per heavy atom. The van der Waals surface area contributed by atoms with E-state index in [0.29, 0.717) is 17.8 Å². The third-order valence-electron chi connectivity index (χ3n) is 3.15. The molecule has 6 heteroatoms. The number of ketones is 1. The van der Waals surface area contributed by atoms with Gasteiger partial charge >= 0.3 is 0 Å². The van der Waals surface area contributed by atoms with Crippen LogP contribution >= 0.6 is 0 Å². The lowest BCUT2D eigenvalue weighted by atomic mass is 10.1. The predicted molar refractivity (Wildman–Crippen MR) is 75.7 cm³/mol. The van der Waals surface area contributed by atoms with E-state index in [1.807, 2.05) is 13.8 Å². The lowest BCUT2D eigenvalue weighted by Gasteiger charge is -2.30. The summed E-state index contributed by atoms with van der Waals surface area (Å²) in [5, 5.41) is 0. The van der Waals surface area contributed by atoms with Gasteiger partial charge in [-0.1, -0.05) is 13.8 Å². The van der Waals surface area contributed by atoms with Crippen molar-refractivity contribution in [2.24, 2.45) is 5.92 Å². The number of amides is 1. The van der Waals surface area contributed by atoms with Crippen molar-refractivity contribution in [3.63, 3.8) is 0 Å². The number of benzene rings is 1. The third kappa shape index (κ3) is 2.60. The third-order valence-corrected chi connectivity index (χ3v) is 4.78. The first kappa shape index (κ1) is 14.7. The maximum absolute atomic E-state index is 12.1. The molecule has 1 heterocycles. The van der Waals surface area contributed by atoms with E-state index in [1.54, 1.807) is 12.1 Å².